The summed E-state index contributed by atoms with van der Waals surface area (Å²) in [5.41, 5.74) is 0.697. The SMILES string of the molecule is COc1ccccc1NC(=O)N1CCC[C@@H](c2nccn2CCCN(C)C)C1. The second-order valence-corrected chi connectivity index (χ2v) is 7.55. The fraction of sp³-hybridized carbons (Fsp3) is 0.524. The number of nitrogens with one attached hydrogen (secondary N) is 1. The Kier molecular flexibility index (Phi) is 6.92. The summed E-state index contributed by atoms with van der Waals surface area (Å²) in [5, 5.41) is 2.99. The number of amides is 2. The van der Waals surface area contributed by atoms with E-state index in [1.54, 1.807) is 7.11 Å². The Morgan fingerprint density at radius 2 is 2.18 bits per heavy atom. The Bertz CT molecular complexity index is 774. The molecule has 2 amide bonds. The van der Waals surface area contributed by atoms with Gasteiger partial charge in [-0.25, -0.2) is 9.78 Å². The summed E-state index contributed by atoms with van der Waals surface area (Å²) in [6.07, 6.45) is 7.05. The normalized spacial score (nSPS) is 17.0. The number of nitrogens with zero attached hydrogens (tertiary/aromatic N) is 4. The second kappa shape index (κ2) is 9.59. The number of urea groups is 1. The van der Waals surface area contributed by atoms with E-state index in [0.29, 0.717) is 18.0 Å². The van der Waals surface area contributed by atoms with Crippen LogP contribution in [0.15, 0.2) is 36.7 Å². The van der Waals surface area contributed by atoms with Crippen LogP contribution >= 0.6 is 0 Å². The number of carbonyl (C=O) groups excluding carboxylic acids is 1. The molecule has 1 N–H and O–H groups in total. The van der Waals surface area contributed by atoms with E-state index >= 15 is 0 Å². The second-order valence-electron chi connectivity index (χ2n) is 7.55. The average molecular weight is 386 g/mol. The molecular formula is C21H31N5O2. The maximum atomic E-state index is 12.8. The summed E-state index contributed by atoms with van der Waals surface area (Å²) in [7, 11) is 5.79. The van der Waals surface area contributed by atoms with Gasteiger partial charge in [-0.3, -0.25) is 0 Å². The highest BCUT2D eigenvalue weighted by molar-refractivity contribution is 5.91. The van der Waals surface area contributed by atoms with Crippen LogP contribution in [0.1, 0.15) is 31.0 Å². The minimum absolute atomic E-state index is 0.0834. The Morgan fingerprint density at radius 3 is 2.96 bits per heavy atom. The van der Waals surface area contributed by atoms with Crippen LogP contribution in [0.4, 0.5) is 10.5 Å². The first kappa shape index (κ1) is 20.2. The minimum atomic E-state index is -0.0834. The summed E-state index contributed by atoms with van der Waals surface area (Å²) in [5.74, 6) is 2.03. The van der Waals surface area contributed by atoms with E-state index in [1.807, 2.05) is 35.4 Å². The predicted octanol–water partition coefficient (Wildman–Crippen LogP) is 3.25. The molecule has 0 saturated carbocycles. The van der Waals surface area contributed by atoms with Crippen molar-refractivity contribution in [3.05, 3.63) is 42.5 Å². The Balaban J connectivity index is 1.63. The number of imidazole rings is 1. The number of para-hydroxylation sites is 2. The average Bonchev–Trinajstić information content (AvgIpc) is 3.17. The summed E-state index contributed by atoms with van der Waals surface area (Å²) < 4.78 is 7.58. The molecule has 0 radical (unpaired) electrons. The number of likely N-dealkylation sites (tertiary alicyclic amines) is 1. The van der Waals surface area contributed by atoms with Crippen LogP contribution in [-0.4, -0.2) is 66.2 Å². The molecule has 1 atom stereocenters. The number of aryl methyl sites for hydroxylation is 1. The lowest BCUT2D eigenvalue weighted by Crippen LogP contribution is -2.42. The van der Waals surface area contributed by atoms with Gasteiger partial charge in [-0.2, -0.15) is 0 Å². The summed E-state index contributed by atoms with van der Waals surface area (Å²) in [6.45, 7) is 3.46. The first-order valence-corrected chi connectivity index (χ1v) is 9.93. The maximum absolute atomic E-state index is 12.8. The number of ether oxygens (including phenoxy) is 1. The van der Waals surface area contributed by atoms with Crippen LogP contribution in [0.2, 0.25) is 0 Å². The number of hydrogen-bond donors (Lipinski definition) is 1. The van der Waals surface area contributed by atoms with Crippen molar-refractivity contribution in [1.29, 1.82) is 0 Å². The third-order valence-corrected chi connectivity index (χ3v) is 5.17. The number of benzene rings is 1. The molecule has 28 heavy (non-hydrogen) atoms. The number of piperidine rings is 1. The van der Waals surface area contributed by atoms with Gasteiger partial charge in [-0.05, 0) is 52.0 Å². The van der Waals surface area contributed by atoms with Crippen LogP contribution < -0.4 is 10.1 Å². The molecule has 1 fully saturated rings. The van der Waals surface area contributed by atoms with Crippen LogP contribution in [0.3, 0.4) is 0 Å². The number of carbonyl (C=O) groups is 1. The van der Waals surface area contributed by atoms with Gasteiger partial charge in [-0.1, -0.05) is 12.1 Å². The fourth-order valence-corrected chi connectivity index (χ4v) is 3.74. The first-order valence-electron chi connectivity index (χ1n) is 9.93. The molecular weight excluding hydrogens is 354 g/mol. The van der Waals surface area contributed by atoms with Crippen molar-refractivity contribution in [2.45, 2.75) is 31.7 Å². The zero-order chi connectivity index (χ0) is 19.9. The first-order chi connectivity index (χ1) is 13.6. The topological polar surface area (TPSA) is 62.6 Å². The number of methoxy groups -OCH3 is 1. The van der Waals surface area contributed by atoms with Gasteiger partial charge in [0.2, 0.25) is 0 Å². The van der Waals surface area contributed by atoms with Crippen LogP contribution in [0.5, 0.6) is 5.75 Å². The Hall–Kier alpha value is -2.54. The van der Waals surface area contributed by atoms with E-state index in [1.165, 1.54) is 0 Å². The van der Waals surface area contributed by atoms with Gasteiger partial charge in [-0.15, -0.1) is 0 Å². The monoisotopic (exact) mass is 385 g/mol. The molecule has 3 rings (SSSR count). The number of rotatable bonds is 7. The van der Waals surface area contributed by atoms with E-state index in [4.69, 9.17) is 4.74 Å². The zero-order valence-electron chi connectivity index (χ0n) is 17.1. The van der Waals surface area contributed by atoms with Crippen LogP contribution in [0.25, 0.3) is 0 Å². The van der Waals surface area contributed by atoms with Gasteiger partial charge in [0.15, 0.2) is 0 Å². The molecule has 0 unspecified atom stereocenters. The number of anilines is 1. The molecule has 7 heteroatoms. The molecule has 2 aromatic rings. The molecule has 7 nitrogen and oxygen atoms in total. The lowest BCUT2D eigenvalue weighted by Gasteiger charge is -2.33. The lowest BCUT2D eigenvalue weighted by molar-refractivity contribution is 0.190. The fourth-order valence-electron chi connectivity index (χ4n) is 3.74. The number of hydrogen-bond acceptors (Lipinski definition) is 4. The minimum Gasteiger partial charge on any atom is -0.495 e. The van der Waals surface area contributed by atoms with Gasteiger partial charge in [0.05, 0.1) is 12.8 Å². The third-order valence-electron chi connectivity index (χ3n) is 5.17. The molecule has 1 saturated heterocycles. The summed E-state index contributed by atoms with van der Waals surface area (Å²) in [4.78, 5) is 21.5. The number of aromatic nitrogens is 2. The van der Waals surface area contributed by atoms with Crippen molar-refractivity contribution in [2.24, 2.45) is 0 Å². The molecule has 1 aliphatic heterocycles. The van der Waals surface area contributed by atoms with Crippen LogP contribution in [0, 0.1) is 0 Å². The molecule has 1 aromatic heterocycles. The summed E-state index contributed by atoms with van der Waals surface area (Å²) in [6, 6.07) is 7.40. The van der Waals surface area contributed by atoms with E-state index in [-0.39, 0.29) is 11.9 Å². The smallest absolute Gasteiger partial charge is 0.321 e. The van der Waals surface area contributed by atoms with E-state index in [9.17, 15) is 4.79 Å². The predicted molar refractivity (Wildman–Crippen MR) is 111 cm³/mol. The molecule has 2 heterocycles. The van der Waals surface area contributed by atoms with Crippen molar-refractivity contribution in [1.82, 2.24) is 19.4 Å². The van der Waals surface area contributed by atoms with Gasteiger partial charge < -0.3 is 24.4 Å². The standard InChI is InChI=1S/C21H31N5O2/c1-24(2)12-7-14-25-15-11-22-20(25)17-8-6-13-26(16-17)21(27)23-18-9-4-5-10-19(18)28-3/h4-5,9-11,15,17H,6-8,12-14,16H2,1-3H3,(H,23,27)/t17-/m1/s1. The quantitative estimate of drug-likeness (QED) is 0.795. The highest BCUT2D eigenvalue weighted by atomic mass is 16.5. The Morgan fingerprint density at radius 1 is 1.36 bits per heavy atom. The molecule has 1 aliphatic rings. The van der Waals surface area contributed by atoms with Gasteiger partial charge in [0.25, 0.3) is 0 Å². The lowest BCUT2D eigenvalue weighted by atomic mass is 9.97. The summed E-state index contributed by atoms with van der Waals surface area (Å²) >= 11 is 0. The third kappa shape index (κ3) is 5.04. The van der Waals surface area contributed by atoms with Gasteiger partial charge >= 0.3 is 6.03 Å². The molecule has 1 aromatic carbocycles. The highest BCUT2D eigenvalue weighted by Gasteiger charge is 2.27. The maximum Gasteiger partial charge on any atom is 0.321 e. The van der Waals surface area contributed by atoms with E-state index in [2.05, 4.69) is 40.1 Å². The van der Waals surface area contributed by atoms with Crippen molar-refractivity contribution >= 4 is 11.7 Å². The van der Waals surface area contributed by atoms with Crippen LogP contribution in [-0.2, 0) is 6.54 Å². The molecule has 0 bridgehead atoms. The van der Waals surface area contributed by atoms with Crippen molar-refractivity contribution in [3.63, 3.8) is 0 Å². The van der Waals surface area contributed by atoms with Gasteiger partial charge in [0, 0.05) is 37.9 Å². The molecule has 0 spiro atoms. The van der Waals surface area contributed by atoms with E-state index in [0.717, 1.165) is 44.7 Å². The Labute approximate surface area is 167 Å². The molecule has 0 aliphatic carbocycles. The van der Waals surface area contributed by atoms with Crippen molar-refractivity contribution in [3.8, 4) is 5.75 Å². The highest BCUT2D eigenvalue weighted by Crippen LogP contribution is 2.28. The van der Waals surface area contributed by atoms with Gasteiger partial charge in [0.1, 0.15) is 11.6 Å². The van der Waals surface area contributed by atoms with Crippen molar-refractivity contribution in [2.75, 3.05) is 46.2 Å². The largest absolute Gasteiger partial charge is 0.495 e. The van der Waals surface area contributed by atoms with Crippen molar-refractivity contribution < 1.29 is 9.53 Å². The van der Waals surface area contributed by atoms with E-state index < -0.39 is 0 Å². The molecule has 152 valence electrons. The zero-order valence-corrected chi connectivity index (χ0v) is 17.1.